The topological polar surface area (TPSA) is 80.3 Å². The zero-order valence-electron chi connectivity index (χ0n) is 2.99. The number of hydrogen-bond donors (Lipinski definition) is 0. The average Bonchev–Trinajstić information content (AvgIpc) is 1.36. The minimum absolute atomic E-state index is 0. The van der Waals surface area contributed by atoms with Crippen LogP contribution in [0.5, 0.6) is 0 Å². The van der Waals surface area contributed by atoms with Crippen molar-refractivity contribution in [1.29, 1.82) is 0 Å². The van der Waals surface area contributed by atoms with Crippen LogP contribution in [0, 0.1) is 0 Å². The van der Waals surface area contributed by atoms with E-state index in [9.17, 15) is 0 Å². The molecule has 0 aliphatic carbocycles. The third-order valence-electron chi connectivity index (χ3n) is 0.167. The van der Waals surface area contributed by atoms with Gasteiger partial charge in [-0.15, -0.1) is 0 Å². The molecule has 0 amide bonds. The Balaban J connectivity index is 0. The minimum Gasteiger partial charge on any atom is -0.543 e. The average molecular weight is 278 g/mol. The first-order chi connectivity index (χ1) is 2.64. The molecule has 7 heavy (non-hydrogen) atoms. The van der Waals surface area contributed by atoms with E-state index in [0.29, 0.717) is 0 Å². The van der Waals surface area contributed by atoms with Gasteiger partial charge < -0.3 is 19.8 Å². The van der Waals surface area contributed by atoms with Crippen molar-refractivity contribution in [3.05, 3.63) is 0 Å². The van der Waals surface area contributed by atoms with Crippen molar-refractivity contribution in [3.63, 3.8) is 0 Å². The zero-order valence-corrected chi connectivity index (χ0v) is 5.53. The standard InChI is InChI=1S/C2H2O4.Os/c3-1(4)2(5)6;/h(H,3,4)(H,5,6);/q;+2/p-2. The van der Waals surface area contributed by atoms with Gasteiger partial charge in [0.05, 0.1) is 11.9 Å². The molecule has 0 rings (SSSR count). The second kappa shape index (κ2) is 3.76. The maximum absolute atomic E-state index is 8.93. The van der Waals surface area contributed by atoms with Crippen LogP contribution in [0.15, 0.2) is 0 Å². The Hall–Kier alpha value is -0.424. The Kier molecular flexibility index (Phi) is 5.24. The van der Waals surface area contributed by atoms with Gasteiger partial charge >= 0.3 is 19.8 Å². The molecule has 40 valence electrons. The Morgan fingerprint density at radius 3 is 1.14 bits per heavy atom. The summed E-state index contributed by atoms with van der Waals surface area (Å²) in [6, 6.07) is 0. The van der Waals surface area contributed by atoms with E-state index < -0.39 is 11.9 Å². The summed E-state index contributed by atoms with van der Waals surface area (Å²) in [5.74, 6) is -4.37. The van der Waals surface area contributed by atoms with Crippen LogP contribution in [-0.2, 0) is 29.4 Å². The smallest absolute Gasteiger partial charge is 0.543 e. The molecule has 0 spiro atoms. The Morgan fingerprint density at radius 2 is 1.14 bits per heavy atom. The Morgan fingerprint density at radius 1 is 1.00 bits per heavy atom. The number of carbonyl (C=O) groups is 2. The molecule has 0 saturated carbocycles. The van der Waals surface area contributed by atoms with Gasteiger partial charge in [0.1, 0.15) is 0 Å². The zero-order chi connectivity index (χ0) is 5.15. The fourth-order valence-electron chi connectivity index (χ4n) is 0. The van der Waals surface area contributed by atoms with Gasteiger partial charge in [0.15, 0.2) is 0 Å². The quantitative estimate of drug-likeness (QED) is 0.430. The number of carbonyl (C=O) groups excluding carboxylic acids is 2. The minimum atomic E-state index is -2.19. The Bertz CT molecular complexity index is 75.7. The fourth-order valence-corrected chi connectivity index (χ4v) is 0. The van der Waals surface area contributed by atoms with Crippen LogP contribution in [-0.4, -0.2) is 11.9 Å². The molecule has 0 bridgehead atoms. The number of hydrogen-bond acceptors (Lipinski definition) is 4. The van der Waals surface area contributed by atoms with Gasteiger partial charge in [0.25, 0.3) is 0 Å². The summed E-state index contributed by atoms with van der Waals surface area (Å²) >= 11 is 0. The van der Waals surface area contributed by atoms with Crippen molar-refractivity contribution in [1.82, 2.24) is 0 Å². The second-order valence-electron chi connectivity index (χ2n) is 0.575. The van der Waals surface area contributed by atoms with Crippen LogP contribution < -0.4 is 10.2 Å². The van der Waals surface area contributed by atoms with E-state index in [-0.39, 0.29) is 19.8 Å². The van der Waals surface area contributed by atoms with E-state index in [2.05, 4.69) is 0 Å². The van der Waals surface area contributed by atoms with E-state index in [1.165, 1.54) is 0 Å². The van der Waals surface area contributed by atoms with Gasteiger partial charge in [-0.1, -0.05) is 0 Å². The van der Waals surface area contributed by atoms with Gasteiger partial charge in [-0.3, -0.25) is 0 Å². The Labute approximate surface area is 52.2 Å². The molecule has 4 nitrogen and oxygen atoms in total. The summed E-state index contributed by atoms with van der Waals surface area (Å²) in [4.78, 5) is 17.9. The molecule has 0 atom stereocenters. The number of carboxylic acid groups (broad SMARTS) is 2. The van der Waals surface area contributed by atoms with Crippen LogP contribution in [0.4, 0.5) is 0 Å². The molecule has 0 unspecified atom stereocenters. The summed E-state index contributed by atoms with van der Waals surface area (Å²) in [6.07, 6.45) is 0. The molecule has 0 heterocycles. The van der Waals surface area contributed by atoms with E-state index in [1.807, 2.05) is 0 Å². The molecule has 0 aliphatic heterocycles. The normalized spacial score (nSPS) is 6.29. The van der Waals surface area contributed by atoms with Gasteiger partial charge in [-0.25, -0.2) is 0 Å². The van der Waals surface area contributed by atoms with Crippen LogP contribution in [0.1, 0.15) is 0 Å². The van der Waals surface area contributed by atoms with E-state index in [0.717, 1.165) is 0 Å². The number of aliphatic carboxylic acids is 2. The largest absolute Gasteiger partial charge is 2.00 e. The summed E-state index contributed by atoms with van der Waals surface area (Å²) < 4.78 is 0. The van der Waals surface area contributed by atoms with Gasteiger partial charge in [0.2, 0.25) is 0 Å². The van der Waals surface area contributed by atoms with Crippen LogP contribution in [0.25, 0.3) is 0 Å². The molecule has 0 aromatic carbocycles. The van der Waals surface area contributed by atoms with Gasteiger partial charge in [-0.2, -0.15) is 0 Å². The first-order valence-electron chi connectivity index (χ1n) is 1.07. The summed E-state index contributed by atoms with van der Waals surface area (Å²) in [6.45, 7) is 0. The maximum atomic E-state index is 8.93. The van der Waals surface area contributed by atoms with Crippen LogP contribution in [0.2, 0.25) is 0 Å². The monoisotopic (exact) mass is 280 g/mol. The molecular formula is C2O4Os. The van der Waals surface area contributed by atoms with Gasteiger partial charge in [-0.05, 0) is 0 Å². The predicted molar refractivity (Wildman–Crippen MR) is 10.0 cm³/mol. The number of carboxylic acids is 2. The molecule has 0 aromatic rings. The van der Waals surface area contributed by atoms with E-state index in [4.69, 9.17) is 19.8 Å². The van der Waals surface area contributed by atoms with Crippen molar-refractivity contribution in [3.8, 4) is 0 Å². The SMILES string of the molecule is O=C([O-])C(=O)[O-].[Os+2]. The molecule has 0 radical (unpaired) electrons. The summed E-state index contributed by atoms with van der Waals surface area (Å²) in [7, 11) is 0. The molecule has 0 fully saturated rings. The fraction of sp³-hybridized carbons (Fsp3) is 0. The third-order valence-corrected chi connectivity index (χ3v) is 0.167. The molecule has 0 N–H and O–H groups in total. The summed E-state index contributed by atoms with van der Waals surface area (Å²) in [5.41, 5.74) is 0. The molecule has 0 saturated heterocycles. The second-order valence-corrected chi connectivity index (χ2v) is 0.575. The molecule has 0 aromatic heterocycles. The van der Waals surface area contributed by atoms with Crippen molar-refractivity contribution in [2.24, 2.45) is 0 Å². The van der Waals surface area contributed by atoms with Crippen LogP contribution in [0.3, 0.4) is 0 Å². The molecule has 5 heteroatoms. The van der Waals surface area contributed by atoms with Crippen molar-refractivity contribution in [2.45, 2.75) is 0 Å². The van der Waals surface area contributed by atoms with Crippen molar-refractivity contribution in [2.75, 3.05) is 0 Å². The first kappa shape index (κ1) is 9.76. The van der Waals surface area contributed by atoms with Crippen LogP contribution >= 0.6 is 0 Å². The summed E-state index contributed by atoms with van der Waals surface area (Å²) in [5, 5.41) is 17.9. The molecular weight excluding hydrogens is 278 g/mol. The third kappa shape index (κ3) is 5.58. The van der Waals surface area contributed by atoms with E-state index >= 15 is 0 Å². The van der Waals surface area contributed by atoms with Crippen molar-refractivity contribution < 1.29 is 39.6 Å². The maximum Gasteiger partial charge on any atom is 2.00 e. The first-order valence-corrected chi connectivity index (χ1v) is 1.07. The number of rotatable bonds is 0. The van der Waals surface area contributed by atoms with Gasteiger partial charge in [0, 0.05) is 0 Å². The van der Waals surface area contributed by atoms with Crippen molar-refractivity contribution >= 4 is 11.9 Å². The predicted octanol–water partition coefficient (Wildman–Crippen LogP) is -3.52. The van der Waals surface area contributed by atoms with E-state index in [1.54, 1.807) is 0 Å². The molecule has 0 aliphatic rings.